The summed E-state index contributed by atoms with van der Waals surface area (Å²) in [4.78, 5) is 5.21. The predicted molar refractivity (Wildman–Crippen MR) is 88.5 cm³/mol. The van der Waals surface area contributed by atoms with Gasteiger partial charge in [0.25, 0.3) is 0 Å². The van der Waals surface area contributed by atoms with E-state index < -0.39 is 0 Å². The smallest absolute Gasteiger partial charge is 0.0594 e. The molecule has 4 nitrogen and oxygen atoms in total. The summed E-state index contributed by atoms with van der Waals surface area (Å²) in [6.07, 6.45) is 6.64. The summed E-state index contributed by atoms with van der Waals surface area (Å²) in [6.45, 7) is 12.9. The molecule has 2 N–H and O–H groups in total. The van der Waals surface area contributed by atoms with E-state index in [-0.39, 0.29) is 5.54 Å². The van der Waals surface area contributed by atoms with Gasteiger partial charge in [0.15, 0.2) is 0 Å². The first-order chi connectivity index (χ1) is 10.2. The molecule has 2 aliphatic rings. The van der Waals surface area contributed by atoms with E-state index in [1.807, 2.05) is 0 Å². The van der Waals surface area contributed by atoms with Crippen molar-refractivity contribution >= 4 is 0 Å². The van der Waals surface area contributed by atoms with Gasteiger partial charge in [0.2, 0.25) is 0 Å². The van der Waals surface area contributed by atoms with E-state index in [0.29, 0.717) is 0 Å². The van der Waals surface area contributed by atoms with Crippen molar-refractivity contribution < 1.29 is 4.74 Å². The van der Waals surface area contributed by atoms with Crippen molar-refractivity contribution in [3.05, 3.63) is 0 Å². The van der Waals surface area contributed by atoms with Crippen molar-refractivity contribution in [2.24, 2.45) is 11.7 Å². The van der Waals surface area contributed by atoms with Crippen LogP contribution in [0, 0.1) is 5.92 Å². The summed E-state index contributed by atoms with van der Waals surface area (Å²) in [5.74, 6) is 0.933. The molecule has 21 heavy (non-hydrogen) atoms. The molecule has 4 heteroatoms. The first kappa shape index (κ1) is 17.2. The molecule has 2 fully saturated rings. The van der Waals surface area contributed by atoms with E-state index in [0.717, 1.165) is 58.4 Å². The van der Waals surface area contributed by atoms with Gasteiger partial charge in [-0.1, -0.05) is 20.3 Å². The lowest BCUT2D eigenvalue weighted by Crippen LogP contribution is -2.57. The zero-order valence-electron chi connectivity index (χ0n) is 14.1. The molecule has 124 valence electrons. The largest absolute Gasteiger partial charge is 0.379 e. The third-order valence-corrected chi connectivity index (χ3v) is 5.84. The van der Waals surface area contributed by atoms with Gasteiger partial charge in [-0.15, -0.1) is 0 Å². The van der Waals surface area contributed by atoms with Crippen LogP contribution in [-0.4, -0.2) is 67.8 Å². The lowest BCUT2D eigenvalue weighted by Gasteiger charge is -2.48. The van der Waals surface area contributed by atoms with Gasteiger partial charge < -0.3 is 10.5 Å². The van der Waals surface area contributed by atoms with Gasteiger partial charge in [-0.2, -0.15) is 0 Å². The van der Waals surface area contributed by atoms with Crippen molar-refractivity contribution in [1.82, 2.24) is 9.80 Å². The second-order valence-electron chi connectivity index (χ2n) is 6.81. The minimum Gasteiger partial charge on any atom is -0.379 e. The van der Waals surface area contributed by atoms with E-state index in [1.54, 1.807) is 0 Å². The number of likely N-dealkylation sites (N-methyl/N-ethyl adjacent to an activating group) is 1. The van der Waals surface area contributed by atoms with E-state index in [2.05, 4.69) is 23.6 Å². The van der Waals surface area contributed by atoms with E-state index in [9.17, 15) is 0 Å². The molecule has 1 saturated carbocycles. The average molecular weight is 297 g/mol. The Bertz CT molecular complexity index is 284. The Morgan fingerprint density at radius 2 is 1.86 bits per heavy atom. The van der Waals surface area contributed by atoms with Crippen LogP contribution >= 0.6 is 0 Å². The fourth-order valence-corrected chi connectivity index (χ4v) is 4.09. The number of hydrogen-bond acceptors (Lipinski definition) is 4. The van der Waals surface area contributed by atoms with Crippen LogP contribution in [0.5, 0.6) is 0 Å². The maximum atomic E-state index is 6.24. The van der Waals surface area contributed by atoms with Gasteiger partial charge in [0.05, 0.1) is 13.2 Å². The van der Waals surface area contributed by atoms with E-state index in [1.165, 1.54) is 32.1 Å². The van der Waals surface area contributed by atoms with Crippen molar-refractivity contribution in [2.45, 2.75) is 51.5 Å². The Morgan fingerprint density at radius 3 is 2.38 bits per heavy atom. The average Bonchev–Trinajstić information content (AvgIpc) is 2.56. The van der Waals surface area contributed by atoms with Crippen molar-refractivity contribution in [2.75, 3.05) is 52.5 Å². The molecular weight excluding hydrogens is 262 g/mol. The van der Waals surface area contributed by atoms with Gasteiger partial charge in [-0.3, -0.25) is 9.80 Å². The third-order valence-electron chi connectivity index (χ3n) is 5.84. The molecule has 0 aromatic heterocycles. The molecule has 0 spiro atoms. The Balaban J connectivity index is 1.87. The van der Waals surface area contributed by atoms with Crippen molar-refractivity contribution in [3.8, 4) is 0 Å². The maximum Gasteiger partial charge on any atom is 0.0594 e. The molecule has 1 heterocycles. The molecule has 2 rings (SSSR count). The first-order valence-corrected chi connectivity index (χ1v) is 8.99. The normalized spacial score (nSPS) is 31.7. The highest BCUT2D eigenvalue weighted by Crippen LogP contribution is 2.37. The third kappa shape index (κ3) is 4.41. The Hall–Kier alpha value is -0.160. The molecule has 0 amide bonds. The number of nitrogens with zero attached hydrogens (tertiary/aromatic N) is 2. The van der Waals surface area contributed by atoms with E-state index in [4.69, 9.17) is 10.5 Å². The molecule has 1 aliphatic carbocycles. The highest BCUT2D eigenvalue weighted by atomic mass is 16.5. The summed E-state index contributed by atoms with van der Waals surface area (Å²) in [5, 5.41) is 0. The highest BCUT2D eigenvalue weighted by molar-refractivity contribution is 4.95. The van der Waals surface area contributed by atoms with Crippen LogP contribution in [0.15, 0.2) is 0 Å². The fraction of sp³-hybridized carbons (Fsp3) is 1.00. The molecule has 0 unspecified atom stereocenters. The molecule has 0 bridgehead atoms. The summed E-state index contributed by atoms with van der Waals surface area (Å²) < 4.78 is 5.44. The van der Waals surface area contributed by atoms with Crippen LogP contribution in [0.25, 0.3) is 0 Å². The van der Waals surface area contributed by atoms with Crippen LogP contribution in [0.3, 0.4) is 0 Å². The Morgan fingerprint density at radius 1 is 1.19 bits per heavy atom. The summed E-state index contributed by atoms with van der Waals surface area (Å²) in [5.41, 5.74) is 6.51. The number of nitrogens with two attached hydrogens (primary N) is 1. The lowest BCUT2D eigenvalue weighted by atomic mass is 9.74. The number of hydrogen-bond donors (Lipinski definition) is 1. The van der Waals surface area contributed by atoms with Crippen LogP contribution in [0.4, 0.5) is 0 Å². The van der Waals surface area contributed by atoms with Crippen LogP contribution in [0.1, 0.15) is 46.0 Å². The summed E-state index contributed by atoms with van der Waals surface area (Å²) in [7, 11) is 0. The second-order valence-corrected chi connectivity index (χ2v) is 6.81. The second kappa shape index (κ2) is 8.47. The zero-order valence-corrected chi connectivity index (χ0v) is 14.1. The molecule has 0 aromatic carbocycles. The minimum absolute atomic E-state index is 0.271. The quantitative estimate of drug-likeness (QED) is 0.780. The first-order valence-electron chi connectivity index (χ1n) is 8.99. The SMILES string of the molecule is CCC1CCC(CN)(N(CC)CCN2CCOCC2)CC1. The summed E-state index contributed by atoms with van der Waals surface area (Å²) in [6, 6.07) is 0. The fourth-order valence-electron chi connectivity index (χ4n) is 4.09. The maximum absolute atomic E-state index is 6.24. The summed E-state index contributed by atoms with van der Waals surface area (Å²) >= 11 is 0. The van der Waals surface area contributed by atoms with Crippen LogP contribution in [0.2, 0.25) is 0 Å². The monoisotopic (exact) mass is 297 g/mol. The minimum atomic E-state index is 0.271. The standard InChI is InChI=1S/C17H35N3O/c1-3-16-5-7-17(15-18,8-6-16)20(4-2)10-9-19-11-13-21-14-12-19/h16H,3-15,18H2,1-2H3. The van der Waals surface area contributed by atoms with Gasteiger partial charge in [-0.25, -0.2) is 0 Å². The lowest BCUT2D eigenvalue weighted by molar-refractivity contribution is 0.0103. The van der Waals surface area contributed by atoms with Gasteiger partial charge in [0.1, 0.15) is 0 Å². The molecule has 0 aromatic rings. The highest BCUT2D eigenvalue weighted by Gasteiger charge is 2.38. The van der Waals surface area contributed by atoms with Crippen molar-refractivity contribution in [3.63, 3.8) is 0 Å². The number of rotatable bonds is 7. The zero-order chi connectivity index (χ0) is 15.1. The molecule has 0 atom stereocenters. The topological polar surface area (TPSA) is 41.7 Å². The van der Waals surface area contributed by atoms with Gasteiger partial charge in [-0.05, 0) is 38.1 Å². The molecule has 1 saturated heterocycles. The van der Waals surface area contributed by atoms with Gasteiger partial charge in [0, 0.05) is 38.3 Å². The van der Waals surface area contributed by atoms with Gasteiger partial charge >= 0.3 is 0 Å². The van der Waals surface area contributed by atoms with Crippen LogP contribution in [-0.2, 0) is 4.74 Å². The Labute approximate surface area is 131 Å². The van der Waals surface area contributed by atoms with Crippen LogP contribution < -0.4 is 5.73 Å². The molecular formula is C17H35N3O. The Kier molecular flexibility index (Phi) is 6.93. The number of morpholine rings is 1. The predicted octanol–water partition coefficient (Wildman–Crippen LogP) is 1.94. The molecule has 1 aliphatic heterocycles. The molecule has 0 radical (unpaired) electrons. The van der Waals surface area contributed by atoms with E-state index >= 15 is 0 Å². The van der Waals surface area contributed by atoms with Crippen molar-refractivity contribution in [1.29, 1.82) is 0 Å². The number of ether oxygens (including phenoxy) is 1.